The summed E-state index contributed by atoms with van der Waals surface area (Å²) in [5.41, 5.74) is 2.30. The van der Waals surface area contributed by atoms with Crippen molar-refractivity contribution in [3.05, 3.63) is 83.4 Å². The van der Waals surface area contributed by atoms with Crippen LogP contribution in [0.5, 0.6) is 6.01 Å². The maximum atomic E-state index is 14.0. The van der Waals surface area contributed by atoms with Gasteiger partial charge in [-0.25, -0.2) is 4.98 Å². The molecule has 1 saturated heterocycles. The van der Waals surface area contributed by atoms with E-state index in [0.717, 1.165) is 48.8 Å². The summed E-state index contributed by atoms with van der Waals surface area (Å²) in [5.74, 6) is 0. The van der Waals surface area contributed by atoms with Crippen molar-refractivity contribution in [3.63, 3.8) is 0 Å². The lowest BCUT2D eigenvalue weighted by Gasteiger charge is -2.18. The number of hydrogen-bond donors (Lipinski definition) is 0. The zero-order valence-corrected chi connectivity index (χ0v) is 20.8. The third-order valence-electron chi connectivity index (χ3n) is 6.75. The summed E-state index contributed by atoms with van der Waals surface area (Å²) >= 11 is 0. The van der Waals surface area contributed by atoms with Crippen molar-refractivity contribution < 1.29 is 17.9 Å². The highest BCUT2D eigenvalue weighted by Crippen LogP contribution is 2.35. The van der Waals surface area contributed by atoms with Gasteiger partial charge in [0.2, 0.25) is 0 Å². The molecule has 0 unspecified atom stereocenters. The Labute approximate surface area is 214 Å². The van der Waals surface area contributed by atoms with Crippen molar-refractivity contribution >= 4 is 11.0 Å². The van der Waals surface area contributed by atoms with Gasteiger partial charge in [-0.2, -0.15) is 18.2 Å². The van der Waals surface area contributed by atoms with Crippen LogP contribution in [0.3, 0.4) is 0 Å². The number of alkyl halides is 3. The van der Waals surface area contributed by atoms with E-state index in [1.165, 1.54) is 23.6 Å². The van der Waals surface area contributed by atoms with Gasteiger partial charge in [-0.3, -0.25) is 9.88 Å². The van der Waals surface area contributed by atoms with Gasteiger partial charge in [-0.05, 0) is 67.2 Å². The molecule has 0 spiro atoms. The zero-order chi connectivity index (χ0) is 25.8. The monoisotopic (exact) mass is 509 g/mol. The average Bonchev–Trinajstić information content (AvgIpc) is 3.53. The molecule has 0 N–H and O–H groups in total. The van der Waals surface area contributed by atoms with E-state index in [1.807, 2.05) is 43.3 Å². The van der Waals surface area contributed by atoms with E-state index in [9.17, 15) is 13.2 Å². The molecule has 5 rings (SSSR count). The van der Waals surface area contributed by atoms with Crippen LogP contribution in [0.2, 0.25) is 0 Å². The van der Waals surface area contributed by atoms with E-state index < -0.39 is 11.9 Å². The van der Waals surface area contributed by atoms with E-state index in [2.05, 4.69) is 19.9 Å². The Morgan fingerprint density at radius 2 is 1.65 bits per heavy atom. The minimum atomic E-state index is -4.53. The molecule has 0 saturated carbocycles. The predicted octanol–water partition coefficient (Wildman–Crippen LogP) is 6.41. The van der Waals surface area contributed by atoms with Gasteiger partial charge >= 0.3 is 12.2 Å². The number of fused-ring (bicyclic) bond motifs is 1. The van der Waals surface area contributed by atoms with Gasteiger partial charge in [0.1, 0.15) is 17.4 Å². The third kappa shape index (κ3) is 5.93. The lowest BCUT2D eigenvalue weighted by molar-refractivity contribution is -0.143. The van der Waals surface area contributed by atoms with Crippen LogP contribution in [0.4, 0.5) is 13.2 Å². The third-order valence-corrected chi connectivity index (χ3v) is 6.75. The molecular weight excluding hydrogens is 479 g/mol. The summed E-state index contributed by atoms with van der Waals surface area (Å²) in [6.07, 6.45) is 3.92. The van der Waals surface area contributed by atoms with Crippen molar-refractivity contribution in [2.24, 2.45) is 0 Å². The maximum absolute atomic E-state index is 14.0. The van der Waals surface area contributed by atoms with Crippen molar-refractivity contribution in [3.8, 4) is 6.01 Å². The lowest BCUT2D eigenvalue weighted by atomic mass is 10.1. The van der Waals surface area contributed by atoms with Crippen LogP contribution < -0.4 is 4.74 Å². The second-order valence-electron chi connectivity index (χ2n) is 9.52. The molecule has 1 aliphatic heterocycles. The second-order valence-corrected chi connectivity index (χ2v) is 9.52. The molecule has 1 fully saturated rings. The first-order valence-corrected chi connectivity index (χ1v) is 12.7. The maximum Gasteiger partial charge on any atom is 0.431 e. The minimum Gasteiger partial charge on any atom is -0.455 e. The van der Waals surface area contributed by atoms with Crippen LogP contribution in [0.1, 0.15) is 61.1 Å². The zero-order valence-electron chi connectivity index (χ0n) is 20.8. The van der Waals surface area contributed by atoms with E-state index in [1.54, 1.807) is 12.4 Å². The van der Waals surface area contributed by atoms with Gasteiger partial charge in [0.15, 0.2) is 0 Å². The molecule has 6 nitrogen and oxygen atoms in total. The molecule has 37 heavy (non-hydrogen) atoms. The molecule has 4 aromatic rings. The smallest absolute Gasteiger partial charge is 0.431 e. The van der Waals surface area contributed by atoms with Crippen LogP contribution in [-0.2, 0) is 19.3 Å². The predicted molar refractivity (Wildman–Crippen MR) is 135 cm³/mol. The van der Waals surface area contributed by atoms with Crippen molar-refractivity contribution in [1.29, 1.82) is 0 Å². The number of hydrogen-bond acceptors (Lipinski definition) is 5. The summed E-state index contributed by atoms with van der Waals surface area (Å²) in [4.78, 5) is 15.1. The highest BCUT2D eigenvalue weighted by molar-refractivity contribution is 5.77. The summed E-state index contributed by atoms with van der Waals surface area (Å²) in [5, 5.41) is 0.321. The lowest BCUT2D eigenvalue weighted by Crippen LogP contribution is -2.18. The van der Waals surface area contributed by atoms with Crippen LogP contribution >= 0.6 is 0 Å². The number of benzene rings is 1. The second kappa shape index (κ2) is 10.9. The van der Waals surface area contributed by atoms with Gasteiger partial charge in [0.05, 0.1) is 0 Å². The molecule has 1 atom stereocenters. The van der Waals surface area contributed by atoms with E-state index in [4.69, 9.17) is 4.74 Å². The average molecular weight is 510 g/mol. The summed E-state index contributed by atoms with van der Waals surface area (Å²) in [6, 6.07) is 12.7. The first-order valence-electron chi connectivity index (χ1n) is 12.7. The molecule has 1 aliphatic rings. The Kier molecular flexibility index (Phi) is 7.41. The minimum absolute atomic E-state index is 0.0432. The number of pyridine rings is 1. The standard InChI is InChI=1S/C28H30F3N5O/c1-2-5-24(22-10-12-32-13-11-22)37-27-33-17-23-16-25(28(29,30)31)36(26(23)34-27)19-21-8-6-20(7-9-21)18-35-14-3-4-15-35/h6-13,16-17,24H,2-5,14-15,18-19H2,1H3/t24-/m1/s1. The number of rotatable bonds is 9. The fourth-order valence-electron chi connectivity index (χ4n) is 4.87. The quantitative estimate of drug-likeness (QED) is 0.261. The van der Waals surface area contributed by atoms with Crippen molar-refractivity contribution in [2.75, 3.05) is 13.1 Å². The van der Waals surface area contributed by atoms with Gasteiger partial charge in [-0.1, -0.05) is 37.6 Å². The SMILES string of the molecule is CCC[C@@H](Oc1ncc2cc(C(F)(F)F)n(Cc3ccc(CN4CCCC4)cc3)c2n1)c1ccncc1. The molecule has 0 aliphatic carbocycles. The number of halogens is 3. The molecule has 0 amide bonds. The molecular formula is C28H30F3N5O. The first-order chi connectivity index (χ1) is 17.9. The normalized spacial score (nSPS) is 15.4. The molecule has 194 valence electrons. The number of likely N-dealkylation sites (tertiary alicyclic amines) is 1. The van der Waals surface area contributed by atoms with Crippen molar-refractivity contribution in [2.45, 2.75) is 58.0 Å². The van der Waals surface area contributed by atoms with Gasteiger partial charge in [0, 0.05) is 37.1 Å². The Bertz CT molecular complexity index is 1320. The fraction of sp³-hybridized carbons (Fsp3) is 0.393. The summed E-state index contributed by atoms with van der Waals surface area (Å²) < 4.78 is 49.3. The fourth-order valence-corrected chi connectivity index (χ4v) is 4.87. The van der Waals surface area contributed by atoms with Crippen LogP contribution in [0.25, 0.3) is 11.0 Å². The Morgan fingerprint density at radius 3 is 2.30 bits per heavy atom. The van der Waals surface area contributed by atoms with E-state index in [-0.39, 0.29) is 24.3 Å². The molecule has 1 aromatic carbocycles. The van der Waals surface area contributed by atoms with Crippen LogP contribution in [0, 0.1) is 0 Å². The molecule has 0 bridgehead atoms. The van der Waals surface area contributed by atoms with Gasteiger partial charge in [-0.15, -0.1) is 0 Å². The number of aromatic nitrogens is 4. The van der Waals surface area contributed by atoms with Gasteiger partial charge in [0.25, 0.3) is 0 Å². The Morgan fingerprint density at radius 1 is 0.973 bits per heavy atom. The Balaban J connectivity index is 1.44. The van der Waals surface area contributed by atoms with E-state index in [0.29, 0.717) is 11.8 Å². The highest BCUT2D eigenvalue weighted by atomic mass is 19.4. The first kappa shape index (κ1) is 25.2. The van der Waals surface area contributed by atoms with E-state index >= 15 is 0 Å². The topological polar surface area (TPSA) is 56.1 Å². The largest absolute Gasteiger partial charge is 0.455 e. The molecule has 0 radical (unpaired) electrons. The highest BCUT2D eigenvalue weighted by Gasteiger charge is 2.36. The number of nitrogens with zero attached hydrogens (tertiary/aromatic N) is 5. The van der Waals surface area contributed by atoms with Crippen LogP contribution in [0.15, 0.2) is 61.1 Å². The number of ether oxygens (including phenoxy) is 1. The molecule has 4 heterocycles. The summed E-state index contributed by atoms with van der Waals surface area (Å²) in [6.45, 7) is 5.14. The molecule has 9 heteroatoms. The molecule has 3 aromatic heterocycles. The van der Waals surface area contributed by atoms with Crippen LogP contribution in [-0.4, -0.2) is 37.5 Å². The van der Waals surface area contributed by atoms with Gasteiger partial charge < -0.3 is 9.30 Å². The Hall–Kier alpha value is -3.46. The summed E-state index contributed by atoms with van der Waals surface area (Å²) in [7, 11) is 0. The van der Waals surface area contributed by atoms with Crippen molar-refractivity contribution in [1.82, 2.24) is 24.4 Å².